The minimum Gasteiger partial charge on any atom is -0.503 e. The number of aryl methyl sites for hydroxylation is 1. The van der Waals surface area contributed by atoms with Gasteiger partial charge in [0.1, 0.15) is 0 Å². The molecule has 2 rings (SSSR count). The Morgan fingerprint density at radius 2 is 1.93 bits per heavy atom. The Morgan fingerprint density at radius 1 is 1.26 bits per heavy atom. The van der Waals surface area contributed by atoms with Gasteiger partial charge in [0.25, 0.3) is 5.91 Å². The molecular weight excluding hydrogens is 340 g/mol. The van der Waals surface area contributed by atoms with E-state index < -0.39 is 11.9 Å². The molecule has 0 fully saturated rings. The molecule has 27 heavy (non-hydrogen) atoms. The number of hydrogen-bond donors (Lipinski definition) is 1. The minimum atomic E-state index is -0.515. The van der Waals surface area contributed by atoms with Crippen LogP contribution >= 0.6 is 0 Å². The zero-order valence-electron chi connectivity index (χ0n) is 17.2. The Morgan fingerprint density at radius 3 is 2.48 bits per heavy atom. The number of benzene rings is 1. The van der Waals surface area contributed by atoms with E-state index in [0.717, 1.165) is 24.2 Å². The quantitative estimate of drug-likeness (QED) is 0.719. The number of Topliss-reactive ketones (excluding diaryl/α,β-unsaturated/α-hetero) is 1. The molecule has 1 unspecified atom stereocenters. The van der Waals surface area contributed by atoms with Gasteiger partial charge in [-0.2, -0.15) is 0 Å². The van der Waals surface area contributed by atoms with Crippen LogP contribution in [-0.4, -0.2) is 52.8 Å². The summed E-state index contributed by atoms with van der Waals surface area (Å²) in [6, 6.07) is 7.32. The lowest BCUT2D eigenvalue weighted by Gasteiger charge is -2.29. The molecule has 1 amide bonds. The van der Waals surface area contributed by atoms with Crippen molar-refractivity contribution >= 4 is 11.7 Å². The first-order valence-corrected chi connectivity index (χ1v) is 9.86. The summed E-state index contributed by atoms with van der Waals surface area (Å²) >= 11 is 0. The lowest BCUT2D eigenvalue weighted by Crippen LogP contribution is -2.38. The van der Waals surface area contributed by atoms with E-state index in [0.29, 0.717) is 19.5 Å². The number of amides is 1. The van der Waals surface area contributed by atoms with Crippen molar-refractivity contribution in [3.05, 3.63) is 46.7 Å². The van der Waals surface area contributed by atoms with Crippen molar-refractivity contribution in [2.45, 2.75) is 47.1 Å². The Bertz CT molecular complexity index is 720. The molecule has 5 heteroatoms. The average Bonchev–Trinajstić information content (AvgIpc) is 2.87. The molecule has 0 spiro atoms. The van der Waals surface area contributed by atoms with E-state index in [1.54, 1.807) is 4.90 Å². The molecule has 0 radical (unpaired) electrons. The van der Waals surface area contributed by atoms with Gasteiger partial charge in [0.05, 0.1) is 11.6 Å². The van der Waals surface area contributed by atoms with Crippen molar-refractivity contribution in [2.75, 3.05) is 26.2 Å². The predicted octanol–water partition coefficient (Wildman–Crippen LogP) is 3.65. The maximum absolute atomic E-state index is 12.9. The summed E-state index contributed by atoms with van der Waals surface area (Å²) in [5, 5.41) is 10.5. The van der Waals surface area contributed by atoms with E-state index in [4.69, 9.17) is 0 Å². The summed E-state index contributed by atoms with van der Waals surface area (Å²) in [6.45, 7) is 13.1. The van der Waals surface area contributed by atoms with E-state index in [-0.39, 0.29) is 23.0 Å². The summed E-state index contributed by atoms with van der Waals surface area (Å²) in [5.74, 6) is -0.809. The molecule has 1 aromatic rings. The van der Waals surface area contributed by atoms with Gasteiger partial charge in [-0.1, -0.05) is 57.5 Å². The highest BCUT2D eigenvalue weighted by Gasteiger charge is 2.43. The Kier molecular flexibility index (Phi) is 7.19. The highest BCUT2D eigenvalue weighted by Crippen LogP contribution is 2.38. The Hall–Kier alpha value is -2.14. The number of likely N-dealkylation sites (N-methyl/N-ethyl adjacent to an activating group) is 1. The Balaban J connectivity index is 2.41. The number of hydrogen-bond acceptors (Lipinski definition) is 4. The first kappa shape index (κ1) is 21.2. The second-order valence-corrected chi connectivity index (χ2v) is 7.63. The van der Waals surface area contributed by atoms with Crippen LogP contribution in [0.25, 0.3) is 0 Å². The highest BCUT2D eigenvalue weighted by atomic mass is 16.3. The fourth-order valence-electron chi connectivity index (χ4n) is 3.63. The van der Waals surface area contributed by atoms with Crippen LogP contribution in [0.5, 0.6) is 0 Å². The number of carbonyl (C=O) groups is 2. The van der Waals surface area contributed by atoms with E-state index in [1.807, 2.05) is 45.0 Å². The van der Waals surface area contributed by atoms with Crippen LogP contribution in [0.4, 0.5) is 0 Å². The first-order chi connectivity index (χ1) is 12.8. The first-order valence-electron chi connectivity index (χ1n) is 9.86. The van der Waals surface area contributed by atoms with Gasteiger partial charge in [-0.15, -0.1) is 0 Å². The molecule has 5 nitrogen and oxygen atoms in total. The molecular formula is C22H32N2O3. The molecule has 0 saturated heterocycles. The van der Waals surface area contributed by atoms with Gasteiger partial charge in [-0.25, -0.2) is 0 Å². The molecule has 1 aromatic carbocycles. The van der Waals surface area contributed by atoms with Crippen LogP contribution in [0.1, 0.15) is 51.3 Å². The van der Waals surface area contributed by atoms with E-state index >= 15 is 0 Å². The van der Waals surface area contributed by atoms with Crippen LogP contribution in [0, 0.1) is 12.8 Å². The number of ketones is 1. The SMILES string of the molecule is CCN(CC)CCN1C(=O)C(O)=C(C(=O)CC(C)C)C1c1cccc(C)c1. The molecule has 0 aliphatic carbocycles. The molecule has 1 heterocycles. The monoisotopic (exact) mass is 372 g/mol. The van der Waals surface area contributed by atoms with E-state index in [1.165, 1.54) is 0 Å². The molecule has 1 N–H and O–H groups in total. The van der Waals surface area contributed by atoms with Crippen LogP contribution in [0.3, 0.4) is 0 Å². The summed E-state index contributed by atoms with van der Waals surface area (Å²) in [4.78, 5) is 29.6. The van der Waals surface area contributed by atoms with Crippen LogP contribution < -0.4 is 0 Å². The third-order valence-electron chi connectivity index (χ3n) is 5.11. The number of aliphatic hydroxyl groups excluding tert-OH is 1. The normalized spacial score (nSPS) is 17.5. The maximum Gasteiger partial charge on any atom is 0.290 e. The summed E-state index contributed by atoms with van der Waals surface area (Å²) in [6.07, 6.45) is 0.318. The molecule has 1 aliphatic rings. The topological polar surface area (TPSA) is 60.9 Å². The van der Waals surface area contributed by atoms with Crippen LogP contribution in [0.2, 0.25) is 0 Å². The average molecular weight is 373 g/mol. The second kappa shape index (κ2) is 9.18. The van der Waals surface area contributed by atoms with Gasteiger partial charge in [-0.05, 0) is 31.5 Å². The number of nitrogens with zero attached hydrogens (tertiary/aromatic N) is 2. The predicted molar refractivity (Wildman–Crippen MR) is 108 cm³/mol. The summed E-state index contributed by atoms with van der Waals surface area (Å²) in [5.41, 5.74) is 2.18. The van der Waals surface area contributed by atoms with Crippen molar-refractivity contribution in [1.29, 1.82) is 0 Å². The van der Waals surface area contributed by atoms with Crippen LogP contribution in [0.15, 0.2) is 35.6 Å². The van der Waals surface area contributed by atoms with Crippen molar-refractivity contribution in [3.63, 3.8) is 0 Å². The molecule has 1 aliphatic heterocycles. The lowest BCUT2D eigenvalue weighted by molar-refractivity contribution is -0.129. The largest absolute Gasteiger partial charge is 0.503 e. The lowest BCUT2D eigenvalue weighted by atomic mass is 9.91. The smallest absolute Gasteiger partial charge is 0.290 e. The van der Waals surface area contributed by atoms with Gasteiger partial charge in [-0.3, -0.25) is 9.59 Å². The van der Waals surface area contributed by atoms with Gasteiger partial charge in [0.15, 0.2) is 11.5 Å². The van der Waals surface area contributed by atoms with Crippen molar-refractivity contribution in [2.24, 2.45) is 5.92 Å². The Labute approximate surface area is 162 Å². The van der Waals surface area contributed by atoms with E-state index in [2.05, 4.69) is 18.7 Å². The number of rotatable bonds is 9. The minimum absolute atomic E-state index is 0.146. The third-order valence-corrected chi connectivity index (χ3v) is 5.11. The molecule has 1 atom stereocenters. The third kappa shape index (κ3) is 4.78. The summed E-state index contributed by atoms with van der Waals surface area (Å²) < 4.78 is 0. The van der Waals surface area contributed by atoms with Gasteiger partial charge in [0.2, 0.25) is 0 Å². The fraction of sp³-hybridized carbons (Fsp3) is 0.545. The van der Waals surface area contributed by atoms with Gasteiger partial charge in [0, 0.05) is 19.5 Å². The van der Waals surface area contributed by atoms with Crippen molar-refractivity contribution < 1.29 is 14.7 Å². The standard InChI is InChI=1S/C22H32N2O3/c1-6-23(7-2)11-12-24-20(17-10-8-9-16(5)14-17)19(21(26)22(24)27)18(25)13-15(3)4/h8-10,14-15,20,26H,6-7,11-13H2,1-5H3. The van der Waals surface area contributed by atoms with Crippen molar-refractivity contribution in [1.82, 2.24) is 9.80 Å². The molecule has 148 valence electrons. The fourth-order valence-corrected chi connectivity index (χ4v) is 3.63. The van der Waals surface area contributed by atoms with Crippen LogP contribution in [-0.2, 0) is 9.59 Å². The maximum atomic E-state index is 12.9. The summed E-state index contributed by atoms with van der Waals surface area (Å²) in [7, 11) is 0. The molecule has 0 saturated carbocycles. The molecule has 0 bridgehead atoms. The number of carbonyl (C=O) groups excluding carboxylic acids is 2. The van der Waals surface area contributed by atoms with Crippen molar-refractivity contribution in [3.8, 4) is 0 Å². The molecule has 0 aromatic heterocycles. The number of aliphatic hydroxyl groups is 1. The van der Waals surface area contributed by atoms with Gasteiger partial charge >= 0.3 is 0 Å². The second-order valence-electron chi connectivity index (χ2n) is 7.63. The van der Waals surface area contributed by atoms with Gasteiger partial charge < -0.3 is 14.9 Å². The highest BCUT2D eigenvalue weighted by molar-refractivity contribution is 6.09. The van der Waals surface area contributed by atoms with E-state index in [9.17, 15) is 14.7 Å². The zero-order valence-corrected chi connectivity index (χ0v) is 17.2. The zero-order chi connectivity index (χ0) is 20.1.